The first kappa shape index (κ1) is 43.1. The minimum absolute atomic E-state index is 0.514. The fourth-order valence-electron chi connectivity index (χ4n) is 7.22. The number of benzene rings is 1. The molecule has 0 fully saturated rings. The molecule has 0 aromatic heterocycles. The Balaban J connectivity index is 2.79. The van der Waals surface area contributed by atoms with E-state index in [9.17, 15) is 10.2 Å². The molecule has 0 spiro atoms. The van der Waals surface area contributed by atoms with Crippen molar-refractivity contribution in [2.24, 2.45) is 29.6 Å². The van der Waals surface area contributed by atoms with Gasteiger partial charge in [0, 0.05) is 6.61 Å². The minimum Gasteiger partial charge on any atom is -0.390 e. The third-order valence-corrected chi connectivity index (χ3v) is 10.2. The Kier molecular flexibility index (Phi) is 23.6. The van der Waals surface area contributed by atoms with Crippen molar-refractivity contribution < 1.29 is 14.9 Å². The molecule has 0 unspecified atom stereocenters. The summed E-state index contributed by atoms with van der Waals surface area (Å²) in [5.41, 5.74) is 0.211. The minimum atomic E-state index is -0.514. The highest BCUT2D eigenvalue weighted by atomic mass is 16.5. The van der Waals surface area contributed by atoms with Gasteiger partial charge in [-0.05, 0) is 86.5 Å². The second-order valence-corrected chi connectivity index (χ2v) is 16.9. The molecule has 0 saturated carbocycles. The SMILES string of the molecule is CC(C)CCCC(O)(CCCC(C)C)CCCC(CCCOCc1ccccc1)CCCC(O)(CCCC(C)C)CCCC(C)C. The van der Waals surface area contributed by atoms with E-state index in [1.807, 2.05) is 0 Å². The molecule has 0 aliphatic carbocycles. The summed E-state index contributed by atoms with van der Waals surface area (Å²) in [6, 6.07) is 10.5. The van der Waals surface area contributed by atoms with Crippen LogP contribution in [-0.2, 0) is 11.3 Å². The molecule has 46 heavy (non-hydrogen) atoms. The predicted octanol–water partition coefficient (Wildman–Crippen LogP) is 12.7. The Hall–Kier alpha value is -0.900. The lowest BCUT2D eigenvalue weighted by Crippen LogP contribution is -2.29. The summed E-state index contributed by atoms with van der Waals surface area (Å²) in [5, 5.41) is 23.6. The largest absolute Gasteiger partial charge is 0.390 e. The zero-order valence-electron chi connectivity index (χ0n) is 32.1. The molecule has 3 heteroatoms. The smallest absolute Gasteiger partial charge is 0.0716 e. The van der Waals surface area contributed by atoms with Crippen LogP contribution in [-0.4, -0.2) is 28.0 Å². The van der Waals surface area contributed by atoms with Gasteiger partial charge < -0.3 is 14.9 Å². The van der Waals surface area contributed by atoms with Crippen molar-refractivity contribution in [3.8, 4) is 0 Å². The normalized spacial score (nSPS) is 12.9. The number of hydrogen-bond donors (Lipinski definition) is 2. The standard InChI is InChI=1S/C43H80O3/c1-36(2)19-12-28-42(44,29-13-20-37(3)4)32-16-25-40(27-18-34-46-35-41-23-10-9-11-24-41)26-17-33-43(45,30-14-21-38(5)6)31-15-22-39(7)8/h9-11,23-24,36-40,44-45H,12-22,25-35H2,1-8H3. The van der Waals surface area contributed by atoms with Gasteiger partial charge in [0.25, 0.3) is 0 Å². The molecule has 3 nitrogen and oxygen atoms in total. The van der Waals surface area contributed by atoms with E-state index in [2.05, 4.69) is 85.7 Å². The Morgan fingerprint density at radius 2 is 0.804 bits per heavy atom. The molecule has 0 aliphatic heterocycles. The van der Waals surface area contributed by atoms with Crippen molar-refractivity contribution in [2.75, 3.05) is 6.61 Å². The van der Waals surface area contributed by atoms with Crippen LogP contribution >= 0.6 is 0 Å². The zero-order chi connectivity index (χ0) is 34.3. The molecule has 0 atom stereocenters. The summed E-state index contributed by atoms with van der Waals surface area (Å²) >= 11 is 0. The van der Waals surface area contributed by atoms with Crippen molar-refractivity contribution in [1.29, 1.82) is 0 Å². The highest BCUT2D eigenvalue weighted by Crippen LogP contribution is 2.34. The molecule has 0 aliphatic rings. The van der Waals surface area contributed by atoms with Gasteiger partial charge in [-0.2, -0.15) is 0 Å². The van der Waals surface area contributed by atoms with Crippen molar-refractivity contribution in [2.45, 2.75) is 202 Å². The first-order valence-corrected chi connectivity index (χ1v) is 19.9. The van der Waals surface area contributed by atoms with E-state index in [1.165, 1.54) is 50.5 Å². The first-order chi connectivity index (χ1) is 21.8. The molecule has 0 bridgehead atoms. The van der Waals surface area contributed by atoms with E-state index < -0.39 is 11.2 Å². The topological polar surface area (TPSA) is 49.7 Å². The van der Waals surface area contributed by atoms with E-state index in [4.69, 9.17) is 4.74 Å². The fourth-order valence-corrected chi connectivity index (χ4v) is 7.22. The van der Waals surface area contributed by atoms with Gasteiger partial charge in [-0.15, -0.1) is 0 Å². The van der Waals surface area contributed by atoms with Gasteiger partial charge in [-0.3, -0.25) is 0 Å². The third kappa shape index (κ3) is 23.4. The zero-order valence-corrected chi connectivity index (χ0v) is 32.1. The highest BCUT2D eigenvalue weighted by molar-refractivity contribution is 5.13. The maximum atomic E-state index is 11.8. The van der Waals surface area contributed by atoms with Gasteiger partial charge in [0.15, 0.2) is 0 Å². The van der Waals surface area contributed by atoms with E-state index in [-0.39, 0.29) is 0 Å². The van der Waals surface area contributed by atoms with Crippen molar-refractivity contribution >= 4 is 0 Å². The van der Waals surface area contributed by atoms with Crippen molar-refractivity contribution in [3.05, 3.63) is 35.9 Å². The Bertz CT molecular complexity index is 743. The van der Waals surface area contributed by atoms with Crippen LogP contribution in [0.1, 0.15) is 189 Å². The Morgan fingerprint density at radius 1 is 0.478 bits per heavy atom. The van der Waals surface area contributed by atoms with E-state index in [0.29, 0.717) is 36.2 Å². The van der Waals surface area contributed by atoms with Crippen LogP contribution in [0.5, 0.6) is 0 Å². The maximum absolute atomic E-state index is 11.8. The van der Waals surface area contributed by atoms with Gasteiger partial charge in [0.2, 0.25) is 0 Å². The lowest BCUT2D eigenvalue weighted by molar-refractivity contribution is 0.00263. The predicted molar refractivity (Wildman–Crippen MR) is 201 cm³/mol. The number of hydrogen-bond acceptors (Lipinski definition) is 3. The first-order valence-electron chi connectivity index (χ1n) is 19.9. The van der Waals surface area contributed by atoms with Crippen LogP contribution in [0.3, 0.4) is 0 Å². The van der Waals surface area contributed by atoms with E-state index in [1.54, 1.807) is 0 Å². The summed E-state index contributed by atoms with van der Waals surface area (Å²) in [6.45, 7) is 19.8. The number of ether oxygens (including phenoxy) is 1. The second-order valence-electron chi connectivity index (χ2n) is 16.9. The van der Waals surface area contributed by atoms with Crippen LogP contribution in [0, 0.1) is 29.6 Å². The molecule has 0 radical (unpaired) electrons. The average Bonchev–Trinajstić information content (AvgIpc) is 2.96. The molecule has 2 N–H and O–H groups in total. The summed E-state index contributed by atoms with van der Waals surface area (Å²) in [7, 11) is 0. The van der Waals surface area contributed by atoms with Crippen LogP contribution in [0.2, 0.25) is 0 Å². The summed E-state index contributed by atoms with van der Waals surface area (Å²) in [6.07, 6.45) is 21.8. The monoisotopic (exact) mass is 645 g/mol. The van der Waals surface area contributed by atoms with Crippen LogP contribution in [0.4, 0.5) is 0 Å². The Morgan fingerprint density at radius 3 is 1.15 bits per heavy atom. The van der Waals surface area contributed by atoms with Crippen LogP contribution in [0.15, 0.2) is 30.3 Å². The molecule has 1 aromatic carbocycles. The molecular weight excluding hydrogens is 564 g/mol. The average molecular weight is 645 g/mol. The second kappa shape index (κ2) is 25.1. The van der Waals surface area contributed by atoms with Gasteiger partial charge in [0.05, 0.1) is 17.8 Å². The van der Waals surface area contributed by atoms with E-state index in [0.717, 1.165) is 90.1 Å². The molecule has 0 amide bonds. The summed E-state index contributed by atoms with van der Waals surface area (Å²) in [4.78, 5) is 0. The molecule has 1 aromatic rings. The van der Waals surface area contributed by atoms with Gasteiger partial charge in [-0.1, -0.05) is 163 Å². The van der Waals surface area contributed by atoms with Gasteiger partial charge in [-0.25, -0.2) is 0 Å². The molecule has 270 valence electrons. The number of aliphatic hydroxyl groups is 2. The maximum Gasteiger partial charge on any atom is 0.0716 e. The molecule has 0 heterocycles. The lowest BCUT2D eigenvalue weighted by atomic mass is 9.81. The van der Waals surface area contributed by atoms with Gasteiger partial charge >= 0.3 is 0 Å². The highest BCUT2D eigenvalue weighted by Gasteiger charge is 2.28. The summed E-state index contributed by atoms with van der Waals surface area (Å²) < 4.78 is 6.06. The Labute approximate surface area is 288 Å². The van der Waals surface area contributed by atoms with Crippen molar-refractivity contribution in [3.63, 3.8) is 0 Å². The molecule has 1 rings (SSSR count). The van der Waals surface area contributed by atoms with Crippen molar-refractivity contribution in [1.82, 2.24) is 0 Å². The lowest BCUT2D eigenvalue weighted by Gasteiger charge is -2.31. The quantitative estimate of drug-likeness (QED) is 0.0819. The molecule has 0 saturated heterocycles. The third-order valence-electron chi connectivity index (χ3n) is 10.2. The molecular formula is C43H80O3. The fraction of sp³-hybridized carbons (Fsp3) is 0.860. The van der Waals surface area contributed by atoms with Crippen LogP contribution < -0.4 is 0 Å². The number of rotatable bonds is 30. The van der Waals surface area contributed by atoms with Crippen LogP contribution in [0.25, 0.3) is 0 Å². The summed E-state index contributed by atoms with van der Waals surface area (Å²) in [5.74, 6) is 3.42. The van der Waals surface area contributed by atoms with E-state index >= 15 is 0 Å². The van der Waals surface area contributed by atoms with Gasteiger partial charge in [0.1, 0.15) is 0 Å².